The molecule has 116 valence electrons. The number of hydrogen-bond donors (Lipinski definition) is 1. The van der Waals surface area contributed by atoms with Crippen molar-refractivity contribution in [2.75, 3.05) is 6.61 Å². The summed E-state index contributed by atoms with van der Waals surface area (Å²) in [5.74, 6) is -0.345. The molecule has 0 atom stereocenters. The first kappa shape index (κ1) is 15.1. The van der Waals surface area contributed by atoms with Gasteiger partial charge in [0.15, 0.2) is 6.61 Å². The summed E-state index contributed by atoms with van der Waals surface area (Å²) >= 11 is 0. The molecule has 0 saturated carbocycles. The van der Waals surface area contributed by atoms with Crippen molar-refractivity contribution in [2.45, 2.75) is 13.8 Å². The highest BCUT2D eigenvalue weighted by Crippen LogP contribution is 2.39. The molecule has 3 heteroatoms. The zero-order valence-electron chi connectivity index (χ0n) is 13.2. The number of rotatable bonds is 4. The maximum absolute atomic E-state index is 10.9. The van der Waals surface area contributed by atoms with Crippen LogP contribution in [0.2, 0.25) is 0 Å². The van der Waals surface area contributed by atoms with Crippen LogP contribution < -0.4 is 4.74 Å². The zero-order valence-corrected chi connectivity index (χ0v) is 13.2. The largest absolute Gasteiger partial charge is 0.481 e. The lowest BCUT2D eigenvalue weighted by Gasteiger charge is -2.16. The number of aryl methyl sites for hydroxylation is 2. The highest BCUT2D eigenvalue weighted by molar-refractivity contribution is 6.00. The monoisotopic (exact) mass is 306 g/mol. The Bertz CT molecular complexity index is 864. The fourth-order valence-electron chi connectivity index (χ4n) is 2.80. The quantitative estimate of drug-likeness (QED) is 0.767. The van der Waals surface area contributed by atoms with Crippen LogP contribution in [-0.2, 0) is 4.79 Å². The topological polar surface area (TPSA) is 46.5 Å². The number of carboxylic acid groups (broad SMARTS) is 1. The van der Waals surface area contributed by atoms with Crippen LogP contribution in [0.15, 0.2) is 54.6 Å². The molecule has 1 N–H and O–H groups in total. The number of benzene rings is 3. The molecule has 3 nitrogen and oxygen atoms in total. The number of carbonyl (C=O) groups is 1. The molecule has 3 aromatic carbocycles. The summed E-state index contributed by atoms with van der Waals surface area (Å²) in [5.41, 5.74) is 4.08. The number of carboxylic acids is 1. The number of hydrogen-bond acceptors (Lipinski definition) is 2. The molecule has 0 aliphatic heterocycles. The molecule has 0 aliphatic carbocycles. The molecule has 0 fully saturated rings. The minimum absolute atomic E-state index is 0.349. The van der Waals surface area contributed by atoms with Gasteiger partial charge in [-0.05, 0) is 41.8 Å². The summed E-state index contributed by atoms with van der Waals surface area (Å²) in [5, 5.41) is 11.1. The Balaban J connectivity index is 2.27. The second kappa shape index (κ2) is 6.13. The molecule has 0 bridgehead atoms. The van der Waals surface area contributed by atoms with Crippen molar-refractivity contribution in [3.05, 3.63) is 65.7 Å². The van der Waals surface area contributed by atoms with E-state index in [1.54, 1.807) is 0 Å². The van der Waals surface area contributed by atoms with Crippen LogP contribution in [0.3, 0.4) is 0 Å². The smallest absolute Gasteiger partial charge is 0.341 e. The van der Waals surface area contributed by atoms with Gasteiger partial charge in [-0.2, -0.15) is 0 Å². The molecule has 23 heavy (non-hydrogen) atoms. The lowest BCUT2D eigenvalue weighted by atomic mass is 9.94. The summed E-state index contributed by atoms with van der Waals surface area (Å²) in [7, 11) is 0. The first-order chi connectivity index (χ1) is 11.1. The molecule has 0 heterocycles. The van der Waals surface area contributed by atoms with Crippen LogP contribution in [0.25, 0.3) is 21.9 Å². The van der Waals surface area contributed by atoms with Crippen LogP contribution in [0.4, 0.5) is 0 Å². The third-order valence-electron chi connectivity index (χ3n) is 3.87. The maximum atomic E-state index is 10.9. The fraction of sp³-hybridized carbons (Fsp3) is 0.150. The van der Waals surface area contributed by atoms with E-state index in [4.69, 9.17) is 9.84 Å². The van der Waals surface area contributed by atoms with Gasteiger partial charge in [0.2, 0.25) is 0 Å². The van der Waals surface area contributed by atoms with Crippen molar-refractivity contribution in [2.24, 2.45) is 0 Å². The van der Waals surface area contributed by atoms with Gasteiger partial charge in [-0.25, -0.2) is 4.79 Å². The zero-order chi connectivity index (χ0) is 16.4. The molecule has 0 saturated heterocycles. The van der Waals surface area contributed by atoms with E-state index in [0.717, 1.165) is 27.5 Å². The van der Waals surface area contributed by atoms with Gasteiger partial charge in [-0.15, -0.1) is 0 Å². The predicted molar refractivity (Wildman–Crippen MR) is 92.0 cm³/mol. The van der Waals surface area contributed by atoms with Gasteiger partial charge in [-0.3, -0.25) is 0 Å². The normalized spacial score (nSPS) is 10.7. The average molecular weight is 306 g/mol. The van der Waals surface area contributed by atoms with E-state index in [0.29, 0.717) is 5.75 Å². The first-order valence-electron chi connectivity index (χ1n) is 7.50. The minimum atomic E-state index is -0.979. The Hall–Kier alpha value is -2.81. The van der Waals surface area contributed by atoms with Crippen molar-refractivity contribution in [1.82, 2.24) is 0 Å². The molecule has 0 amide bonds. The lowest BCUT2D eigenvalue weighted by Crippen LogP contribution is -2.11. The Morgan fingerprint density at radius 1 is 1.04 bits per heavy atom. The SMILES string of the molecule is Cc1ccc(-c2c(OCC(=O)O)c(C)cc3ccccc23)cc1. The molecule has 0 spiro atoms. The second-order valence-corrected chi connectivity index (χ2v) is 5.67. The second-order valence-electron chi connectivity index (χ2n) is 5.67. The Kier molecular flexibility index (Phi) is 4.02. The fourth-order valence-corrected chi connectivity index (χ4v) is 2.80. The van der Waals surface area contributed by atoms with Crippen LogP contribution in [0, 0.1) is 13.8 Å². The molecule has 0 aliphatic rings. The van der Waals surface area contributed by atoms with Gasteiger partial charge < -0.3 is 9.84 Å². The Morgan fingerprint density at radius 3 is 2.43 bits per heavy atom. The van der Waals surface area contributed by atoms with E-state index in [2.05, 4.69) is 6.07 Å². The van der Waals surface area contributed by atoms with Gasteiger partial charge >= 0.3 is 5.97 Å². The predicted octanol–water partition coefficient (Wildman–Crippen LogP) is 4.59. The summed E-state index contributed by atoms with van der Waals surface area (Å²) in [4.78, 5) is 10.9. The van der Waals surface area contributed by atoms with Crippen molar-refractivity contribution >= 4 is 16.7 Å². The summed E-state index contributed by atoms with van der Waals surface area (Å²) in [6.45, 7) is 3.64. The third-order valence-corrected chi connectivity index (χ3v) is 3.87. The van der Waals surface area contributed by atoms with Crippen molar-refractivity contribution < 1.29 is 14.6 Å². The maximum Gasteiger partial charge on any atom is 0.341 e. The number of ether oxygens (including phenoxy) is 1. The lowest BCUT2D eigenvalue weighted by molar-refractivity contribution is -0.139. The third kappa shape index (κ3) is 3.04. The molecule has 0 unspecified atom stereocenters. The molecule has 0 radical (unpaired) electrons. The van der Waals surface area contributed by atoms with Gasteiger partial charge in [0, 0.05) is 5.56 Å². The molecule has 3 aromatic rings. The van der Waals surface area contributed by atoms with E-state index in [-0.39, 0.29) is 6.61 Å². The van der Waals surface area contributed by atoms with E-state index in [1.807, 2.05) is 62.4 Å². The van der Waals surface area contributed by atoms with E-state index >= 15 is 0 Å². The minimum Gasteiger partial charge on any atom is -0.481 e. The average Bonchev–Trinajstić information content (AvgIpc) is 2.53. The highest BCUT2D eigenvalue weighted by atomic mass is 16.5. The molecular formula is C20H18O3. The summed E-state index contributed by atoms with van der Waals surface area (Å²) in [6.07, 6.45) is 0. The van der Waals surface area contributed by atoms with Crippen LogP contribution in [0.1, 0.15) is 11.1 Å². The standard InChI is InChI=1S/C20H18O3/c1-13-7-9-15(10-8-13)19-17-6-4-3-5-16(17)11-14(2)20(19)23-12-18(21)22/h3-11H,12H2,1-2H3,(H,21,22). The molecular weight excluding hydrogens is 288 g/mol. The van der Waals surface area contributed by atoms with Crippen LogP contribution in [0.5, 0.6) is 5.75 Å². The summed E-state index contributed by atoms with van der Waals surface area (Å²) < 4.78 is 5.62. The highest BCUT2D eigenvalue weighted by Gasteiger charge is 2.15. The van der Waals surface area contributed by atoms with Crippen molar-refractivity contribution in [3.63, 3.8) is 0 Å². The Morgan fingerprint density at radius 2 is 1.74 bits per heavy atom. The van der Waals surface area contributed by atoms with Gasteiger partial charge in [0.1, 0.15) is 5.75 Å². The molecule has 0 aromatic heterocycles. The van der Waals surface area contributed by atoms with Crippen LogP contribution in [-0.4, -0.2) is 17.7 Å². The number of fused-ring (bicyclic) bond motifs is 1. The van der Waals surface area contributed by atoms with Gasteiger partial charge in [0.05, 0.1) is 0 Å². The van der Waals surface area contributed by atoms with E-state index in [1.165, 1.54) is 5.56 Å². The molecule has 3 rings (SSSR count). The van der Waals surface area contributed by atoms with Crippen molar-refractivity contribution in [1.29, 1.82) is 0 Å². The van der Waals surface area contributed by atoms with Gasteiger partial charge in [-0.1, -0.05) is 54.1 Å². The van der Waals surface area contributed by atoms with E-state index in [9.17, 15) is 4.79 Å². The number of aliphatic carboxylic acids is 1. The summed E-state index contributed by atoms with van der Waals surface area (Å²) in [6, 6.07) is 18.3. The van der Waals surface area contributed by atoms with Gasteiger partial charge in [0.25, 0.3) is 0 Å². The van der Waals surface area contributed by atoms with Crippen LogP contribution >= 0.6 is 0 Å². The van der Waals surface area contributed by atoms with Crippen molar-refractivity contribution in [3.8, 4) is 16.9 Å². The Labute approximate surface area is 135 Å². The van der Waals surface area contributed by atoms with E-state index < -0.39 is 5.97 Å². The first-order valence-corrected chi connectivity index (χ1v) is 7.50.